The molecule has 0 aromatic rings. The van der Waals surface area contributed by atoms with E-state index in [0.29, 0.717) is 32.1 Å². The van der Waals surface area contributed by atoms with Gasteiger partial charge >= 0.3 is 39.5 Å². The predicted molar refractivity (Wildman–Crippen MR) is 418 cm³/mol. The van der Waals surface area contributed by atoms with Gasteiger partial charge in [0.15, 0.2) is 12.2 Å². The smallest absolute Gasteiger partial charge is 0.462 e. The van der Waals surface area contributed by atoms with E-state index in [1.165, 1.54) is 103 Å². The maximum Gasteiger partial charge on any atom is 0.472 e. The molecular weight excluding hydrogens is 1330 g/mol. The fourth-order valence-electron chi connectivity index (χ4n) is 10.6. The Bertz CT molecular complexity index is 2360. The summed E-state index contributed by atoms with van der Waals surface area (Å²) in [6.45, 7) is 4.65. The standard InChI is InChI=1S/C83H144O17P2/c1-5-9-13-17-21-25-29-33-36-37-38-39-42-46-50-54-58-62-66-70-83(88)100-78(73-93-80(85)67-63-59-55-51-47-43-32-28-24-20-16-12-8-4)75-97-101(89,90)95-71-77(84)72-96-102(91,92)98-76-79(99-82(87)69-65-61-57-53-49-45-41-35-31-27-23-19-15-11-7-3)74-94-81(86)68-64-60-56-52-48-44-40-34-30-26-22-18-14-10-6-2/h9,13,21,25,28,32-36,38-41,46,50,58,62,77-79,84H,5-8,10-12,14-20,22-24,26-27,29-31,37,42-45,47-49,51-57,59-61,63-76H2,1-4H3,(H,89,90)(H,91,92)/b13-9-,25-21-,32-28-,36-33-,39-38-,40-34-,41-35-,50-46-,62-58-/t77-,78+,79+/m0/s1. The average Bonchev–Trinajstić information content (AvgIpc) is 0.924. The van der Waals surface area contributed by atoms with Crippen molar-refractivity contribution in [1.29, 1.82) is 0 Å². The van der Waals surface area contributed by atoms with Crippen LogP contribution in [0, 0.1) is 0 Å². The van der Waals surface area contributed by atoms with Crippen LogP contribution in [-0.4, -0.2) is 96.7 Å². The molecule has 102 heavy (non-hydrogen) atoms. The lowest BCUT2D eigenvalue weighted by atomic mass is 10.1. The minimum Gasteiger partial charge on any atom is -0.462 e. The molecule has 0 fully saturated rings. The van der Waals surface area contributed by atoms with Gasteiger partial charge in [0.1, 0.15) is 19.3 Å². The summed E-state index contributed by atoms with van der Waals surface area (Å²) in [5.74, 6) is -2.29. The normalized spacial score (nSPS) is 14.5. The zero-order valence-corrected chi connectivity index (χ0v) is 66.0. The number of aliphatic hydroxyl groups is 1. The van der Waals surface area contributed by atoms with E-state index in [0.717, 1.165) is 148 Å². The molecule has 0 saturated heterocycles. The Balaban J connectivity index is 5.43. The lowest BCUT2D eigenvalue weighted by Crippen LogP contribution is -2.30. The first-order valence-corrected chi connectivity index (χ1v) is 43.1. The second-order valence-electron chi connectivity index (χ2n) is 26.6. The summed E-state index contributed by atoms with van der Waals surface area (Å²) in [7, 11) is -9.98. The van der Waals surface area contributed by atoms with Crippen LogP contribution in [0.15, 0.2) is 109 Å². The molecular formula is C83H144O17P2. The number of rotatable bonds is 75. The SMILES string of the molecule is CC/C=C\C/C=C\C/C=C\C/C=C\C/C=C\C/C=C\CCC(=O)O[C@H](COC(=O)CCCCCCC/C=C\CCCCCC)COP(=O)(O)OC[C@H](O)COP(=O)(O)OC[C@@H](COC(=O)CCCCCCC/C=C\CCCCCCCC)OC(=O)CCCCCCC/C=C\CCCCCCCC. The summed E-state index contributed by atoms with van der Waals surface area (Å²) >= 11 is 0. The van der Waals surface area contributed by atoms with Crippen molar-refractivity contribution in [2.45, 2.75) is 354 Å². The van der Waals surface area contributed by atoms with Crippen molar-refractivity contribution < 1.29 is 80.2 Å². The Hall–Kier alpha value is -4.28. The first-order chi connectivity index (χ1) is 49.7. The number of hydrogen-bond donors (Lipinski definition) is 3. The van der Waals surface area contributed by atoms with Gasteiger partial charge in [0.05, 0.1) is 26.4 Å². The minimum absolute atomic E-state index is 0.0328. The molecule has 3 N–H and O–H groups in total. The van der Waals surface area contributed by atoms with Gasteiger partial charge in [-0.3, -0.25) is 37.3 Å². The molecule has 0 heterocycles. The van der Waals surface area contributed by atoms with E-state index in [1.807, 2.05) is 18.2 Å². The number of aliphatic hydroxyl groups excluding tert-OH is 1. The molecule has 0 spiro atoms. The second-order valence-corrected chi connectivity index (χ2v) is 29.5. The molecule has 0 aromatic heterocycles. The molecule has 19 heteroatoms. The van der Waals surface area contributed by atoms with E-state index in [9.17, 15) is 43.2 Å². The molecule has 0 aromatic carbocycles. The van der Waals surface area contributed by atoms with Crippen LogP contribution in [-0.2, 0) is 65.4 Å². The highest BCUT2D eigenvalue weighted by molar-refractivity contribution is 7.47. The number of phosphoric ester groups is 2. The van der Waals surface area contributed by atoms with E-state index >= 15 is 0 Å². The molecule has 0 bridgehead atoms. The van der Waals surface area contributed by atoms with Gasteiger partial charge in [0.2, 0.25) is 0 Å². The first kappa shape index (κ1) is 97.7. The summed E-state index contributed by atoms with van der Waals surface area (Å²) in [6, 6.07) is 0. The van der Waals surface area contributed by atoms with E-state index < -0.39 is 97.5 Å². The lowest BCUT2D eigenvalue weighted by molar-refractivity contribution is -0.161. The number of esters is 4. The minimum atomic E-state index is -5.00. The highest BCUT2D eigenvalue weighted by atomic mass is 31.2. The van der Waals surface area contributed by atoms with Gasteiger partial charge in [-0.15, -0.1) is 0 Å². The van der Waals surface area contributed by atoms with Crippen molar-refractivity contribution in [3.05, 3.63) is 109 Å². The number of phosphoric acid groups is 2. The van der Waals surface area contributed by atoms with E-state index in [-0.39, 0.29) is 25.7 Å². The molecule has 0 aliphatic heterocycles. The number of ether oxygens (including phenoxy) is 4. The number of carbonyl (C=O) groups excluding carboxylic acids is 4. The van der Waals surface area contributed by atoms with Crippen LogP contribution in [0.2, 0.25) is 0 Å². The number of allylic oxidation sites excluding steroid dienone is 18. The maximum atomic E-state index is 13.1. The molecule has 0 aliphatic carbocycles. The Morgan fingerprint density at radius 1 is 0.284 bits per heavy atom. The molecule has 5 atom stereocenters. The zero-order valence-electron chi connectivity index (χ0n) is 64.3. The summed E-state index contributed by atoms with van der Waals surface area (Å²) < 4.78 is 68.5. The van der Waals surface area contributed by atoms with E-state index in [1.54, 1.807) is 0 Å². The summed E-state index contributed by atoms with van der Waals surface area (Å²) in [5.41, 5.74) is 0. The molecule has 0 saturated carbocycles. The highest BCUT2D eigenvalue weighted by Gasteiger charge is 2.30. The van der Waals surface area contributed by atoms with Gasteiger partial charge in [0.25, 0.3) is 0 Å². The third-order valence-corrected chi connectivity index (χ3v) is 18.6. The van der Waals surface area contributed by atoms with E-state index in [2.05, 4.69) is 119 Å². The molecule has 0 rings (SSSR count). The van der Waals surface area contributed by atoms with Crippen molar-refractivity contribution in [2.24, 2.45) is 0 Å². The Labute approximate surface area is 619 Å². The monoisotopic (exact) mass is 1470 g/mol. The van der Waals surface area contributed by atoms with Gasteiger partial charge in [-0.1, -0.05) is 278 Å². The Morgan fingerprint density at radius 2 is 0.529 bits per heavy atom. The third kappa shape index (κ3) is 74.0. The topological polar surface area (TPSA) is 237 Å². The number of carbonyl (C=O) groups is 4. The Morgan fingerprint density at radius 3 is 0.853 bits per heavy atom. The van der Waals surface area contributed by atoms with E-state index in [4.69, 9.17) is 37.0 Å². The lowest BCUT2D eigenvalue weighted by Gasteiger charge is -2.21. The maximum absolute atomic E-state index is 13.1. The zero-order chi connectivity index (χ0) is 74.6. The van der Waals surface area contributed by atoms with Crippen molar-refractivity contribution in [3.63, 3.8) is 0 Å². The summed E-state index contributed by atoms with van der Waals surface area (Å²) in [6.07, 6.45) is 80.8. The van der Waals surface area contributed by atoms with Crippen LogP contribution < -0.4 is 0 Å². The van der Waals surface area contributed by atoms with Crippen molar-refractivity contribution in [1.82, 2.24) is 0 Å². The van der Waals surface area contributed by atoms with Crippen LogP contribution in [0.3, 0.4) is 0 Å². The largest absolute Gasteiger partial charge is 0.472 e. The van der Waals surface area contributed by atoms with Crippen molar-refractivity contribution in [2.75, 3.05) is 39.6 Å². The first-order valence-electron chi connectivity index (χ1n) is 40.1. The van der Waals surface area contributed by atoms with Crippen LogP contribution in [0.25, 0.3) is 0 Å². The molecule has 17 nitrogen and oxygen atoms in total. The second kappa shape index (κ2) is 75.0. The van der Waals surface area contributed by atoms with Crippen LogP contribution in [0.1, 0.15) is 336 Å². The molecule has 0 aliphatic rings. The highest BCUT2D eigenvalue weighted by Crippen LogP contribution is 2.45. The van der Waals surface area contributed by atoms with Crippen LogP contribution in [0.5, 0.6) is 0 Å². The number of hydrogen-bond acceptors (Lipinski definition) is 15. The Kier molecular flexibility index (Phi) is 71.8. The van der Waals surface area contributed by atoms with Crippen molar-refractivity contribution >= 4 is 39.5 Å². The van der Waals surface area contributed by atoms with Gasteiger partial charge in [-0.2, -0.15) is 0 Å². The van der Waals surface area contributed by atoms with Gasteiger partial charge in [-0.05, 0) is 141 Å². The van der Waals surface area contributed by atoms with Crippen LogP contribution >= 0.6 is 15.6 Å². The fraction of sp³-hybridized carbons (Fsp3) is 0.735. The summed E-state index contributed by atoms with van der Waals surface area (Å²) in [4.78, 5) is 72.9. The summed E-state index contributed by atoms with van der Waals surface area (Å²) in [5, 5.41) is 10.6. The van der Waals surface area contributed by atoms with Crippen molar-refractivity contribution in [3.8, 4) is 0 Å². The molecule has 588 valence electrons. The van der Waals surface area contributed by atoms with Gasteiger partial charge < -0.3 is 33.8 Å². The molecule has 0 radical (unpaired) electrons. The third-order valence-electron chi connectivity index (χ3n) is 16.7. The van der Waals surface area contributed by atoms with Gasteiger partial charge in [-0.25, -0.2) is 9.13 Å². The van der Waals surface area contributed by atoms with Gasteiger partial charge in [0, 0.05) is 25.7 Å². The quantitative estimate of drug-likeness (QED) is 0.0169. The molecule has 0 amide bonds. The predicted octanol–water partition coefficient (Wildman–Crippen LogP) is 23.3. The molecule has 2 unspecified atom stereocenters. The average molecular weight is 1480 g/mol. The number of unbranched alkanes of at least 4 members (excludes halogenated alkanes) is 31. The fourth-order valence-corrected chi connectivity index (χ4v) is 12.2. The van der Waals surface area contributed by atoms with Crippen LogP contribution in [0.4, 0.5) is 0 Å².